The second-order valence-electron chi connectivity index (χ2n) is 5.57. The van der Waals surface area contributed by atoms with E-state index in [0.29, 0.717) is 0 Å². The quantitative estimate of drug-likeness (QED) is 0.207. The Morgan fingerprint density at radius 2 is 2.07 bits per heavy atom. The van der Waals surface area contributed by atoms with Gasteiger partial charge in [-0.05, 0) is 0 Å². The van der Waals surface area contributed by atoms with E-state index in [1.165, 1.54) is 10.9 Å². The molecule has 0 aliphatic carbocycles. The van der Waals surface area contributed by atoms with Crippen molar-refractivity contribution in [1.29, 1.82) is 0 Å². The van der Waals surface area contributed by atoms with Crippen LogP contribution in [0.2, 0.25) is 0 Å². The minimum Gasteiger partial charge on any atom is -0.387 e. The Morgan fingerprint density at radius 3 is 2.78 bits per heavy atom. The Hall–Kier alpha value is -2.75. The number of hydroxylamine groups is 1. The molecule has 0 radical (unpaired) electrons. The summed E-state index contributed by atoms with van der Waals surface area (Å²) in [5.74, 6) is -2.08. The van der Waals surface area contributed by atoms with Crippen LogP contribution in [0.3, 0.4) is 0 Å². The monoisotopic (exact) mass is 384 g/mol. The fraction of sp³-hybridized carbons (Fsp3) is 0.462. The molecular weight excluding hydrogens is 368 g/mol. The number of nitrogen functional groups attached to an aromatic ring is 1. The first-order valence-electron chi connectivity index (χ1n) is 7.57. The number of nitrogens with two attached hydrogens (primary N) is 1. The minimum absolute atomic E-state index is 0.0860. The number of aliphatic hydroxyl groups is 4. The molecule has 0 aromatic carbocycles. The molecule has 5 atom stereocenters. The number of fused-ring (bicyclic) bond motifs is 1. The fourth-order valence-corrected chi connectivity index (χ4v) is 2.53. The molecule has 1 aliphatic rings. The summed E-state index contributed by atoms with van der Waals surface area (Å²) < 4.78 is 6.61. The van der Waals surface area contributed by atoms with Crippen molar-refractivity contribution in [3.8, 4) is 0 Å². The lowest BCUT2D eigenvalue weighted by atomic mass is 10.1. The van der Waals surface area contributed by atoms with E-state index in [4.69, 9.17) is 15.6 Å². The van der Waals surface area contributed by atoms with E-state index in [-0.39, 0.29) is 17.0 Å². The molecular formula is C13H16N6O8. The smallest absolute Gasteiger partial charge is 0.269 e. The minimum atomic E-state index is -2.20. The van der Waals surface area contributed by atoms with Crippen molar-refractivity contribution in [3.63, 3.8) is 0 Å². The number of nitrogens with one attached hydrogen (secondary N) is 1. The number of imidazole rings is 1. The topological polar surface area (TPSA) is 215 Å². The molecule has 14 heteroatoms. The van der Waals surface area contributed by atoms with Crippen LogP contribution in [0.5, 0.6) is 0 Å². The van der Waals surface area contributed by atoms with Gasteiger partial charge in [0.15, 0.2) is 23.8 Å². The first-order chi connectivity index (χ1) is 12.8. The highest BCUT2D eigenvalue weighted by Gasteiger charge is 2.49. The van der Waals surface area contributed by atoms with Crippen molar-refractivity contribution in [1.82, 2.24) is 25.0 Å². The van der Waals surface area contributed by atoms with E-state index in [2.05, 4.69) is 19.8 Å². The van der Waals surface area contributed by atoms with E-state index in [1.807, 2.05) is 0 Å². The van der Waals surface area contributed by atoms with E-state index >= 15 is 0 Å². The number of amides is 1. The van der Waals surface area contributed by atoms with Crippen LogP contribution in [-0.4, -0.2) is 82.8 Å². The van der Waals surface area contributed by atoms with Gasteiger partial charge in [0.25, 0.3) is 5.91 Å². The SMILES string of the molecule is Nc1ncnc2c1ncn2[C@@H]1O[C@H](C(=O)C(O)ONC(=O)CO)C(O)C1O. The standard InChI is InChI=1S/C13H16N6O8/c14-10-5-11(16-2-15-10)19(3-17-5)12-7(23)6(22)9(26-12)8(24)13(25)27-18-4(21)1-20/h2-3,6-7,9,12-13,20,22-23,25H,1H2,(H,18,21)(H2,14,15,16)/t6?,7?,9-,12+,13?/m0/s1. The summed E-state index contributed by atoms with van der Waals surface area (Å²) in [6.07, 6.45) is -6.05. The number of hydrogen-bond donors (Lipinski definition) is 6. The van der Waals surface area contributed by atoms with Gasteiger partial charge in [-0.2, -0.15) is 0 Å². The average molecular weight is 384 g/mol. The van der Waals surface area contributed by atoms with Crippen LogP contribution < -0.4 is 11.2 Å². The average Bonchev–Trinajstić information content (AvgIpc) is 3.21. The highest BCUT2D eigenvalue weighted by molar-refractivity contribution is 5.87. The van der Waals surface area contributed by atoms with E-state index < -0.39 is 49.1 Å². The van der Waals surface area contributed by atoms with Gasteiger partial charge in [0.1, 0.15) is 30.7 Å². The zero-order valence-corrected chi connectivity index (χ0v) is 13.5. The van der Waals surface area contributed by atoms with E-state index in [1.54, 1.807) is 5.48 Å². The van der Waals surface area contributed by atoms with Crippen molar-refractivity contribution in [3.05, 3.63) is 12.7 Å². The van der Waals surface area contributed by atoms with Gasteiger partial charge in [0.05, 0.1) is 6.33 Å². The largest absolute Gasteiger partial charge is 0.387 e. The Bertz CT molecular complexity index is 858. The fourth-order valence-electron chi connectivity index (χ4n) is 2.53. The third-order valence-electron chi connectivity index (χ3n) is 3.85. The second-order valence-corrected chi connectivity index (χ2v) is 5.57. The summed E-state index contributed by atoms with van der Waals surface area (Å²) in [6.45, 7) is -0.928. The molecule has 1 amide bonds. The molecule has 27 heavy (non-hydrogen) atoms. The van der Waals surface area contributed by atoms with Crippen molar-refractivity contribution in [2.45, 2.75) is 30.8 Å². The lowest BCUT2D eigenvalue weighted by molar-refractivity contribution is -0.189. The van der Waals surface area contributed by atoms with Crippen LogP contribution in [0, 0.1) is 0 Å². The molecule has 1 aliphatic heterocycles. The predicted octanol–water partition coefficient (Wildman–Crippen LogP) is -4.04. The molecule has 2 aromatic rings. The molecule has 3 rings (SSSR count). The molecule has 0 spiro atoms. The molecule has 1 fully saturated rings. The molecule has 3 unspecified atom stereocenters. The number of Topliss-reactive ketones (excluding diaryl/α,β-unsaturated/α-hetero) is 1. The number of ether oxygens (including phenoxy) is 1. The number of carbonyl (C=O) groups excluding carboxylic acids is 2. The number of rotatable bonds is 6. The van der Waals surface area contributed by atoms with Gasteiger partial charge in [0, 0.05) is 0 Å². The summed E-state index contributed by atoms with van der Waals surface area (Å²) >= 11 is 0. The number of aromatic nitrogens is 4. The molecule has 146 valence electrons. The van der Waals surface area contributed by atoms with Crippen LogP contribution in [0.15, 0.2) is 12.7 Å². The van der Waals surface area contributed by atoms with Crippen molar-refractivity contribution in [2.75, 3.05) is 12.3 Å². The molecule has 0 saturated carbocycles. The Kier molecular flexibility index (Phi) is 5.26. The van der Waals surface area contributed by atoms with Gasteiger partial charge in [0.2, 0.25) is 12.1 Å². The zero-order valence-electron chi connectivity index (χ0n) is 13.5. The maximum atomic E-state index is 12.2. The third-order valence-corrected chi connectivity index (χ3v) is 3.85. The molecule has 1 saturated heterocycles. The van der Waals surface area contributed by atoms with Gasteiger partial charge in [-0.1, -0.05) is 0 Å². The lowest BCUT2D eigenvalue weighted by Gasteiger charge is -2.17. The number of anilines is 1. The van der Waals surface area contributed by atoms with Gasteiger partial charge in [-0.3, -0.25) is 14.2 Å². The van der Waals surface area contributed by atoms with Crippen molar-refractivity contribution >= 4 is 28.7 Å². The molecule has 14 nitrogen and oxygen atoms in total. The Morgan fingerprint density at radius 1 is 1.33 bits per heavy atom. The maximum Gasteiger partial charge on any atom is 0.269 e. The second kappa shape index (κ2) is 7.47. The van der Waals surface area contributed by atoms with Crippen LogP contribution in [0.1, 0.15) is 6.23 Å². The Labute approximate surface area is 150 Å². The summed E-state index contributed by atoms with van der Waals surface area (Å²) in [5.41, 5.74) is 7.73. The number of ketones is 1. The van der Waals surface area contributed by atoms with Gasteiger partial charge >= 0.3 is 0 Å². The lowest BCUT2D eigenvalue weighted by Crippen LogP contribution is -2.44. The van der Waals surface area contributed by atoms with Crippen LogP contribution in [0.25, 0.3) is 11.2 Å². The van der Waals surface area contributed by atoms with Gasteiger partial charge in [-0.25, -0.2) is 25.3 Å². The maximum absolute atomic E-state index is 12.2. The number of carbonyl (C=O) groups is 2. The number of hydrogen-bond acceptors (Lipinski definition) is 12. The molecule has 3 heterocycles. The summed E-state index contributed by atoms with van der Waals surface area (Å²) in [7, 11) is 0. The zero-order chi connectivity index (χ0) is 19.7. The van der Waals surface area contributed by atoms with Crippen molar-refractivity contribution < 1.29 is 39.6 Å². The van der Waals surface area contributed by atoms with E-state index in [9.17, 15) is 24.9 Å². The van der Waals surface area contributed by atoms with Gasteiger partial charge in [-0.15, -0.1) is 0 Å². The molecule has 7 N–H and O–H groups in total. The predicted molar refractivity (Wildman–Crippen MR) is 83.0 cm³/mol. The number of nitrogens with zero attached hydrogens (tertiary/aromatic N) is 4. The Balaban J connectivity index is 1.78. The normalized spacial score (nSPS) is 26.2. The third kappa shape index (κ3) is 3.44. The first kappa shape index (κ1) is 19.0. The highest BCUT2D eigenvalue weighted by atomic mass is 16.7. The molecule has 0 bridgehead atoms. The summed E-state index contributed by atoms with van der Waals surface area (Å²) in [6, 6.07) is 0. The van der Waals surface area contributed by atoms with Gasteiger partial charge < -0.3 is 30.9 Å². The van der Waals surface area contributed by atoms with E-state index in [0.717, 1.165) is 6.33 Å². The molecule has 2 aromatic heterocycles. The summed E-state index contributed by atoms with van der Waals surface area (Å²) in [4.78, 5) is 39.2. The van der Waals surface area contributed by atoms with Crippen LogP contribution in [-0.2, 0) is 19.2 Å². The van der Waals surface area contributed by atoms with Crippen molar-refractivity contribution in [2.24, 2.45) is 0 Å². The van der Waals surface area contributed by atoms with Crippen LogP contribution in [0.4, 0.5) is 5.82 Å². The van der Waals surface area contributed by atoms with Crippen LogP contribution >= 0.6 is 0 Å². The number of aliphatic hydroxyl groups excluding tert-OH is 4. The first-order valence-corrected chi connectivity index (χ1v) is 7.57. The highest BCUT2D eigenvalue weighted by Crippen LogP contribution is 2.32. The summed E-state index contributed by atoms with van der Waals surface area (Å²) in [5, 5.41) is 38.5.